The van der Waals surface area contributed by atoms with Crippen LogP contribution in [0, 0.1) is 0 Å². The largest absolute Gasteiger partial charge is 0.416 e. The number of rotatable bonds is 3. The lowest BCUT2D eigenvalue weighted by Crippen LogP contribution is -2.52. The van der Waals surface area contributed by atoms with E-state index in [4.69, 9.17) is 5.73 Å². The Balaban J connectivity index is 2.09. The third kappa shape index (κ3) is 3.56. The molecule has 0 bridgehead atoms. The van der Waals surface area contributed by atoms with Gasteiger partial charge in [-0.1, -0.05) is 25.0 Å². The van der Waals surface area contributed by atoms with Gasteiger partial charge in [0.25, 0.3) is 0 Å². The molecule has 0 saturated heterocycles. The molecule has 1 aromatic rings. The summed E-state index contributed by atoms with van der Waals surface area (Å²) in [6, 6.07) is 5.02. The lowest BCUT2D eigenvalue weighted by Gasteiger charge is -2.29. The minimum Gasteiger partial charge on any atom is -0.340 e. The van der Waals surface area contributed by atoms with Crippen LogP contribution in [0.5, 0.6) is 0 Å². The van der Waals surface area contributed by atoms with Crippen molar-refractivity contribution in [2.24, 2.45) is 5.73 Å². The predicted molar refractivity (Wildman–Crippen MR) is 73.3 cm³/mol. The second-order valence-corrected chi connectivity index (χ2v) is 5.72. The lowest BCUT2D eigenvalue weighted by atomic mass is 9.97. The number of likely N-dealkylation sites (N-methyl/N-ethyl adjacent to an activating group) is 1. The summed E-state index contributed by atoms with van der Waals surface area (Å²) in [7, 11) is 1.58. The van der Waals surface area contributed by atoms with Crippen molar-refractivity contribution < 1.29 is 18.0 Å². The van der Waals surface area contributed by atoms with Gasteiger partial charge in [0.2, 0.25) is 5.91 Å². The summed E-state index contributed by atoms with van der Waals surface area (Å²) in [5, 5.41) is 0. The van der Waals surface area contributed by atoms with Gasteiger partial charge in [0.05, 0.1) is 11.1 Å². The highest BCUT2D eigenvalue weighted by Crippen LogP contribution is 2.31. The molecule has 0 spiro atoms. The Morgan fingerprint density at radius 2 is 1.95 bits per heavy atom. The number of nitrogens with two attached hydrogens (primary N) is 1. The lowest BCUT2D eigenvalue weighted by molar-refractivity contribution is -0.137. The Morgan fingerprint density at radius 3 is 2.52 bits per heavy atom. The zero-order chi connectivity index (χ0) is 15.7. The fourth-order valence-electron chi connectivity index (χ4n) is 2.79. The smallest absolute Gasteiger partial charge is 0.340 e. The summed E-state index contributed by atoms with van der Waals surface area (Å²) in [6.07, 6.45) is -1.27. The molecule has 1 aliphatic carbocycles. The quantitative estimate of drug-likeness (QED) is 0.933. The molecule has 21 heavy (non-hydrogen) atoms. The van der Waals surface area contributed by atoms with E-state index in [-0.39, 0.29) is 12.5 Å². The molecule has 116 valence electrons. The van der Waals surface area contributed by atoms with Gasteiger partial charge in [-0.05, 0) is 30.5 Å². The van der Waals surface area contributed by atoms with Crippen LogP contribution in [0.3, 0.4) is 0 Å². The van der Waals surface area contributed by atoms with Crippen LogP contribution in [-0.4, -0.2) is 23.4 Å². The second kappa shape index (κ2) is 5.67. The molecule has 0 unspecified atom stereocenters. The van der Waals surface area contributed by atoms with E-state index in [1.165, 1.54) is 11.0 Å². The molecule has 0 aromatic heterocycles. The minimum atomic E-state index is -4.38. The Labute approximate surface area is 121 Å². The number of carbonyl (C=O) groups is 1. The van der Waals surface area contributed by atoms with Crippen molar-refractivity contribution >= 4 is 5.91 Å². The second-order valence-electron chi connectivity index (χ2n) is 5.72. The van der Waals surface area contributed by atoms with Crippen LogP contribution in [0.1, 0.15) is 36.8 Å². The van der Waals surface area contributed by atoms with E-state index in [9.17, 15) is 18.0 Å². The van der Waals surface area contributed by atoms with Crippen molar-refractivity contribution in [2.75, 3.05) is 7.05 Å². The number of nitrogens with zero attached hydrogens (tertiary/aromatic N) is 1. The van der Waals surface area contributed by atoms with Crippen molar-refractivity contribution in [3.8, 4) is 0 Å². The van der Waals surface area contributed by atoms with Crippen LogP contribution in [0.25, 0.3) is 0 Å². The van der Waals surface area contributed by atoms with Gasteiger partial charge in [-0.25, -0.2) is 0 Å². The van der Waals surface area contributed by atoms with E-state index in [1.54, 1.807) is 13.1 Å². The van der Waals surface area contributed by atoms with Gasteiger partial charge < -0.3 is 10.6 Å². The minimum absolute atomic E-state index is 0.127. The van der Waals surface area contributed by atoms with E-state index in [2.05, 4.69) is 0 Å². The third-order valence-corrected chi connectivity index (χ3v) is 3.94. The molecule has 0 radical (unpaired) electrons. The molecule has 1 aliphatic rings. The highest BCUT2D eigenvalue weighted by atomic mass is 19.4. The summed E-state index contributed by atoms with van der Waals surface area (Å²) in [5.41, 5.74) is 4.98. The average molecular weight is 300 g/mol. The summed E-state index contributed by atoms with van der Waals surface area (Å²) in [5.74, 6) is -0.197. The number of carbonyl (C=O) groups excluding carboxylic acids is 1. The maximum atomic E-state index is 12.7. The zero-order valence-corrected chi connectivity index (χ0v) is 11.9. The molecule has 2 N–H and O–H groups in total. The van der Waals surface area contributed by atoms with E-state index in [0.717, 1.165) is 25.0 Å². The first-order valence-electron chi connectivity index (χ1n) is 6.93. The SMILES string of the molecule is CN(Cc1cccc(C(F)(F)F)c1)C(=O)C1(N)CCCC1. The molecule has 0 atom stereocenters. The molecule has 0 heterocycles. The van der Waals surface area contributed by atoms with Crippen LogP contribution in [-0.2, 0) is 17.5 Å². The Kier molecular flexibility index (Phi) is 4.27. The summed E-state index contributed by atoms with van der Waals surface area (Å²) in [4.78, 5) is 13.7. The highest BCUT2D eigenvalue weighted by Gasteiger charge is 2.39. The van der Waals surface area contributed by atoms with Gasteiger partial charge in [0.1, 0.15) is 0 Å². The average Bonchev–Trinajstić information content (AvgIpc) is 2.85. The van der Waals surface area contributed by atoms with Crippen molar-refractivity contribution in [1.82, 2.24) is 4.90 Å². The van der Waals surface area contributed by atoms with Crippen molar-refractivity contribution in [3.63, 3.8) is 0 Å². The monoisotopic (exact) mass is 300 g/mol. The van der Waals surface area contributed by atoms with Gasteiger partial charge in [-0.15, -0.1) is 0 Å². The number of halogens is 3. The van der Waals surface area contributed by atoms with E-state index in [0.29, 0.717) is 18.4 Å². The Morgan fingerprint density at radius 1 is 1.33 bits per heavy atom. The van der Waals surface area contributed by atoms with E-state index in [1.807, 2.05) is 0 Å². The molecular formula is C15H19F3N2O. The highest BCUT2D eigenvalue weighted by molar-refractivity contribution is 5.86. The predicted octanol–water partition coefficient (Wildman–Crippen LogP) is 2.94. The van der Waals surface area contributed by atoms with Gasteiger partial charge in [-0.2, -0.15) is 13.2 Å². The third-order valence-electron chi connectivity index (χ3n) is 3.94. The van der Waals surface area contributed by atoms with Crippen LogP contribution >= 0.6 is 0 Å². The van der Waals surface area contributed by atoms with Gasteiger partial charge in [0, 0.05) is 13.6 Å². The number of benzene rings is 1. The van der Waals surface area contributed by atoms with Gasteiger partial charge in [0.15, 0.2) is 0 Å². The molecule has 2 rings (SSSR count). The molecule has 1 aromatic carbocycles. The topological polar surface area (TPSA) is 46.3 Å². The van der Waals surface area contributed by atoms with Crippen LogP contribution < -0.4 is 5.73 Å². The standard InChI is InChI=1S/C15H19F3N2O/c1-20(13(21)14(19)7-2-3-8-14)10-11-5-4-6-12(9-11)15(16,17)18/h4-6,9H,2-3,7-8,10,19H2,1H3. The van der Waals surface area contributed by atoms with E-state index >= 15 is 0 Å². The van der Waals surface area contributed by atoms with Crippen LogP contribution in [0.2, 0.25) is 0 Å². The van der Waals surface area contributed by atoms with E-state index < -0.39 is 17.3 Å². The number of amides is 1. The first-order chi connectivity index (χ1) is 9.72. The summed E-state index contributed by atoms with van der Waals surface area (Å²) < 4.78 is 38.0. The van der Waals surface area contributed by atoms with Crippen molar-refractivity contribution in [1.29, 1.82) is 0 Å². The molecule has 0 aliphatic heterocycles. The van der Waals surface area contributed by atoms with Crippen molar-refractivity contribution in [3.05, 3.63) is 35.4 Å². The molecule has 1 saturated carbocycles. The number of alkyl halides is 3. The summed E-state index contributed by atoms with van der Waals surface area (Å²) in [6.45, 7) is 0.127. The Bertz CT molecular complexity index is 522. The van der Waals surface area contributed by atoms with Crippen molar-refractivity contribution in [2.45, 2.75) is 43.9 Å². The number of hydrogen-bond acceptors (Lipinski definition) is 2. The first-order valence-corrected chi connectivity index (χ1v) is 6.93. The maximum absolute atomic E-state index is 12.7. The van der Waals surface area contributed by atoms with Crippen LogP contribution in [0.4, 0.5) is 13.2 Å². The van der Waals surface area contributed by atoms with Gasteiger partial charge >= 0.3 is 6.18 Å². The maximum Gasteiger partial charge on any atom is 0.416 e. The molecule has 1 amide bonds. The first kappa shape index (κ1) is 15.8. The molecule has 6 heteroatoms. The zero-order valence-electron chi connectivity index (χ0n) is 11.9. The normalized spacial score (nSPS) is 17.8. The fraction of sp³-hybridized carbons (Fsp3) is 0.533. The molecule has 1 fully saturated rings. The Hall–Kier alpha value is -1.56. The summed E-state index contributed by atoms with van der Waals surface area (Å²) >= 11 is 0. The number of hydrogen-bond donors (Lipinski definition) is 1. The molecular weight excluding hydrogens is 281 g/mol. The molecule has 3 nitrogen and oxygen atoms in total. The van der Waals surface area contributed by atoms with Gasteiger partial charge in [-0.3, -0.25) is 4.79 Å². The fourth-order valence-corrected chi connectivity index (χ4v) is 2.79. The van der Waals surface area contributed by atoms with Crippen LogP contribution in [0.15, 0.2) is 24.3 Å².